The Morgan fingerprint density at radius 2 is 0.716 bits per heavy atom. The van der Waals surface area contributed by atoms with Gasteiger partial charge >= 0.3 is 23.9 Å². The summed E-state index contributed by atoms with van der Waals surface area (Å²) in [5, 5.41) is 72.9. The summed E-state index contributed by atoms with van der Waals surface area (Å²) in [4.78, 5) is 109. The highest BCUT2D eigenvalue weighted by atomic mass is 127. The van der Waals surface area contributed by atoms with Gasteiger partial charge in [-0.25, -0.2) is 19.2 Å². The number of ketones is 1. The second-order valence-electron chi connectivity index (χ2n) is 27.0. The van der Waals surface area contributed by atoms with Gasteiger partial charge in [-0.05, 0) is 110 Å². The number of nitro groups is 5. The number of hydrogen-bond donors (Lipinski definition) is 2. The molecule has 109 heavy (non-hydrogen) atoms. The number of esters is 2. The molecule has 4 saturated carbocycles. The number of Topliss-reactive ketones (excluding diaryl/α,β-unsaturated/α-hetero) is 1. The molecule has 0 heterocycles. The molecule has 9 rings (SSSR count). The molecule has 5 aromatic rings. The molecule has 5 aromatic carbocycles. The Hall–Kier alpha value is -9.65. The third kappa shape index (κ3) is 35.5. The molecular weight excluding hydrogens is 1530 g/mol. The summed E-state index contributed by atoms with van der Waals surface area (Å²) < 4.78 is 12.4. The summed E-state index contributed by atoms with van der Waals surface area (Å²) >= 11 is 7.65. The minimum Gasteiger partial charge on any atom is -0.478 e. The molecule has 0 radical (unpaired) electrons. The average Bonchev–Trinajstić information content (AvgIpc) is 0.853. The number of carboxylic acids is 2. The molecular formula is C83H103ClIN5O19. The number of benzene rings is 5. The number of carbonyl (C=O) groups excluding carboxylic acids is 3. The van der Waals surface area contributed by atoms with Crippen molar-refractivity contribution in [1.82, 2.24) is 0 Å². The Kier molecular flexibility index (Phi) is 45.7. The first kappa shape index (κ1) is 93.6. The van der Waals surface area contributed by atoms with Gasteiger partial charge in [0.1, 0.15) is 5.02 Å². The Labute approximate surface area is 657 Å². The zero-order valence-corrected chi connectivity index (χ0v) is 65.9. The molecule has 26 heteroatoms. The lowest BCUT2D eigenvalue weighted by Crippen LogP contribution is -2.11. The van der Waals surface area contributed by atoms with E-state index in [1.165, 1.54) is 151 Å². The van der Waals surface area contributed by atoms with Crippen LogP contribution in [-0.4, -0.2) is 77.7 Å². The van der Waals surface area contributed by atoms with Gasteiger partial charge in [0, 0.05) is 106 Å². The minimum atomic E-state index is -1.13. The predicted molar refractivity (Wildman–Crippen MR) is 430 cm³/mol. The standard InChI is InChI=1S/C18H21NO3.C16H21NO4.2C14H17NO4.C9H8ClNO4.C6H9I.C6H10/c1-2-3-9-18(20)16-11-10-15(17(13-16)19(21)22)12-14-7-5-4-6-8-14;1-2-21-16(18)14-9-8-13(15(11-14)17(19)20)10-12-6-4-3-5-7-12;2*16-14(17)12-7-6-11(13(9-12)15(18)19)8-10-4-2-1-3-5-10;1-2-15-9(12)6-3-4-7(10)8(5-6)11(13)14;1-2-3-4-5-6-7;1-3-5-6-4-2/h1,10-11,13-14H,3-9,12H2;8-9,11-12H,2-7,10H2,1H3;2*6-7,9-10H,1-5,8H2,(H,16,17);3-5H,2H2,1H3;2-4H2,1H3;1H,4-6H2,2H3. The van der Waals surface area contributed by atoms with Crippen LogP contribution in [0.1, 0.15) is 282 Å². The molecule has 4 aliphatic rings. The lowest BCUT2D eigenvalue weighted by Gasteiger charge is -2.21. The predicted octanol–water partition coefficient (Wildman–Crippen LogP) is 21.8. The first-order valence-corrected chi connectivity index (χ1v) is 39.1. The number of carbonyl (C=O) groups is 5. The van der Waals surface area contributed by atoms with Crippen molar-refractivity contribution in [2.45, 2.75) is 233 Å². The van der Waals surface area contributed by atoms with E-state index in [0.29, 0.717) is 59.6 Å². The maximum atomic E-state index is 12.0. The van der Waals surface area contributed by atoms with E-state index in [2.05, 4.69) is 58.1 Å². The Bertz CT molecular complexity index is 3870. The van der Waals surface area contributed by atoms with Crippen LogP contribution in [0.4, 0.5) is 28.4 Å². The molecule has 0 aliphatic heterocycles. The molecule has 0 spiro atoms. The number of terminal acetylenes is 2. The normalized spacial score (nSPS) is 13.9. The van der Waals surface area contributed by atoms with Crippen LogP contribution in [0.15, 0.2) is 91.0 Å². The van der Waals surface area contributed by atoms with Gasteiger partial charge in [0.15, 0.2) is 5.78 Å². The molecule has 0 aromatic heterocycles. The van der Waals surface area contributed by atoms with Crippen molar-refractivity contribution in [2.75, 3.05) is 13.2 Å². The Balaban J connectivity index is 0.000000340. The molecule has 588 valence electrons. The molecule has 24 nitrogen and oxygen atoms in total. The van der Waals surface area contributed by atoms with Gasteiger partial charge in [-0.1, -0.05) is 203 Å². The van der Waals surface area contributed by atoms with Crippen molar-refractivity contribution in [1.29, 1.82) is 0 Å². The van der Waals surface area contributed by atoms with E-state index in [0.717, 1.165) is 94.2 Å². The second-order valence-corrected chi connectivity index (χ2v) is 28.0. The highest BCUT2D eigenvalue weighted by Crippen LogP contribution is 2.36. The second kappa shape index (κ2) is 53.2. The third-order valence-corrected chi connectivity index (χ3v) is 19.6. The fourth-order valence-corrected chi connectivity index (χ4v) is 13.6. The zero-order chi connectivity index (χ0) is 80.6. The summed E-state index contributed by atoms with van der Waals surface area (Å²) in [6.07, 6.45) is 44.0. The number of aromatic carboxylic acids is 2. The number of halogens is 2. The fourth-order valence-electron chi connectivity index (χ4n) is 13.1. The van der Waals surface area contributed by atoms with Gasteiger partial charge in [0.2, 0.25) is 0 Å². The van der Waals surface area contributed by atoms with Crippen LogP contribution >= 0.6 is 34.2 Å². The summed E-state index contributed by atoms with van der Waals surface area (Å²) in [6, 6.07) is 21.7. The van der Waals surface area contributed by atoms with E-state index < -0.39 is 43.6 Å². The number of ether oxygens (including phenoxy) is 2. The number of rotatable bonds is 26. The molecule has 4 aliphatic carbocycles. The van der Waals surface area contributed by atoms with E-state index >= 15 is 0 Å². The fraction of sp³-hybridized carbons (Fsp3) is 0.506. The van der Waals surface area contributed by atoms with Crippen LogP contribution in [0.3, 0.4) is 0 Å². The molecule has 4 fully saturated rings. The van der Waals surface area contributed by atoms with E-state index in [1.54, 1.807) is 50.2 Å². The van der Waals surface area contributed by atoms with Crippen LogP contribution in [0.2, 0.25) is 5.02 Å². The number of hydrogen-bond acceptors (Lipinski definition) is 17. The van der Waals surface area contributed by atoms with Gasteiger partial charge < -0.3 is 19.7 Å². The van der Waals surface area contributed by atoms with Crippen LogP contribution < -0.4 is 0 Å². The van der Waals surface area contributed by atoms with Crippen LogP contribution in [0.5, 0.6) is 0 Å². The van der Waals surface area contributed by atoms with Crippen LogP contribution in [0.25, 0.3) is 0 Å². The lowest BCUT2D eigenvalue weighted by atomic mass is 9.84. The van der Waals surface area contributed by atoms with Crippen molar-refractivity contribution in [3.8, 4) is 34.5 Å². The molecule has 0 saturated heterocycles. The largest absolute Gasteiger partial charge is 0.478 e. The summed E-state index contributed by atoms with van der Waals surface area (Å²) in [7, 11) is 0. The van der Waals surface area contributed by atoms with Crippen LogP contribution in [-0.2, 0) is 35.2 Å². The number of unbranched alkanes of at least 4 members (excludes halogenated alkanes) is 4. The SMILES string of the molecule is C#CCCC(=O)c1ccc(CC2CCCCC2)c([N+](=O)[O-])c1.C#CCCCC.CCCCC#CI.CCOC(=O)c1ccc(CC2CCCCC2)c([N+](=O)[O-])c1.CCOC(=O)c1ccc(Cl)c([N+](=O)[O-])c1.O=C(O)c1ccc(CC2CCCCC2)c([N+](=O)[O-])c1.O=C(O)c1ccc(CC2CCCCC2)c([N+](=O)[O-])c1. The average molecular weight is 1640 g/mol. The van der Waals surface area contributed by atoms with E-state index in [4.69, 9.17) is 44.1 Å². The third-order valence-electron chi connectivity index (χ3n) is 18.9. The van der Waals surface area contributed by atoms with Crippen molar-refractivity contribution in [3.05, 3.63) is 197 Å². The maximum Gasteiger partial charge on any atom is 0.338 e. The number of carboxylic acid groups (broad SMARTS) is 2. The lowest BCUT2D eigenvalue weighted by molar-refractivity contribution is -0.385. The first-order valence-electron chi connectivity index (χ1n) is 37.6. The van der Waals surface area contributed by atoms with Crippen molar-refractivity contribution in [3.63, 3.8) is 0 Å². The number of nitro benzene ring substituents is 5. The Morgan fingerprint density at radius 3 is 1.00 bits per heavy atom. The van der Waals surface area contributed by atoms with Crippen molar-refractivity contribution < 1.29 is 68.3 Å². The van der Waals surface area contributed by atoms with Crippen molar-refractivity contribution in [2.24, 2.45) is 23.7 Å². The zero-order valence-electron chi connectivity index (χ0n) is 63.0. The van der Waals surface area contributed by atoms with Gasteiger partial charge in [0.05, 0.1) is 60.1 Å². The highest BCUT2D eigenvalue weighted by molar-refractivity contribution is 14.1. The topological polar surface area (TPSA) is 360 Å². The molecule has 0 bridgehead atoms. The molecule has 0 amide bonds. The monoisotopic (exact) mass is 1640 g/mol. The van der Waals surface area contributed by atoms with Crippen LogP contribution in [0, 0.1) is 109 Å². The van der Waals surface area contributed by atoms with E-state index in [-0.39, 0.29) is 86.1 Å². The van der Waals surface area contributed by atoms with Gasteiger partial charge in [0.25, 0.3) is 28.4 Å². The van der Waals surface area contributed by atoms with Gasteiger partial charge in [-0.2, -0.15) is 0 Å². The van der Waals surface area contributed by atoms with Crippen molar-refractivity contribution >= 4 is 92.3 Å². The maximum absolute atomic E-state index is 12.0. The minimum absolute atomic E-state index is 0.00644. The van der Waals surface area contributed by atoms with Gasteiger partial charge in [-0.3, -0.25) is 55.4 Å². The molecule has 0 atom stereocenters. The van der Waals surface area contributed by atoms with Gasteiger partial charge in [-0.15, -0.1) is 24.7 Å². The summed E-state index contributed by atoms with van der Waals surface area (Å²) in [5.74, 6) is 6.48. The van der Waals surface area contributed by atoms with E-state index in [1.807, 2.05) is 0 Å². The first-order chi connectivity index (χ1) is 52.3. The Morgan fingerprint density at radius 1 is 0.431 bits per heavy atom. The smallest absolute Gasteiger partial charge is 0.338 e. The quantitative estimate of drug-likeness (QED) is 0.00987. The molecule has 2 N–H and O–H groups in total. The molecule has 0 unspecified atom stereocenters. The van der Waals surface area contributed by atoms with E-state index in [9.17, 15) is 74.5 Å². The highest BCUT2D eigenvalue weighted by Gasteiger charge is 2.27. The number of nitrogens with zero attached hydrogens (tertiary/aromatic N) is 5. The summed E-state index contributed by atoms with van der Waals surface area (Å²) in [6.45, 7) is 8.16. The summed E-state index contributed by atoms with van der Waals surface area (Å²) in [5.41, 5.74) is 3.13.